The third-order valence-corrected chi connectivity index (χ3v) is 2.98. The van der Waals surface area contributed by atoms with Gasteiger partial charge in [0.2, 0.25) is 0 Å². The van der Waals surface area contributed by atoms with Crippen molar-refractivity contribution in [1.82, 2.24) is 5.01 Å². The fourth-order valence-corrected chi connectivity index (χ4v) is 1.79. The molecule has 0 saturated carbocycles. The Balaban J connectivity index is 3.40. The average Bonchev–Trinajstić information content (AvgIpc) is 2.55. The van der Waals surface area contributed by atoms with Crippen molar-refractivity contribution in [3.05, 3.63) is 23.3 Å². The molecule has 0 radical (unpaired) electrons. The third-order valence-electron chi connectivity index (χ3n) is 2.98. The number of carbonyl (C=O) groups excluding carboxylic acids is 1. The number of nitrogens with zero attached hydrogens (tertiary/aromatic N) is 3. The van der Waals surface area contributed by atoms with Gasteiger partial charge in [-0.15, -0.1) is 11.0 Å². The molecule has 6 nitrogen and oxygen atoms in total. The first-order valence-electron chi connectivity index (χ1n) is 7.00. The zero-order chi connectivity index (χ0) is 16.5. The average molecular weight is 303 g/mol. The van der Waals surface area contributed by atoms with Gasteiger partial charge in [0.1, 0.15) is 11.4 Å². The number of hydrogen-bond donors (Lipinski definition) is 0. The van der Waals surface area contributed by atoms with Crippen molar-refractivity contribution in [2.75, 3.05) is 27.3 Å². The Labute approximate surface area is 131 Å². The monoisotopic (exact) mass is 303 g/mol. The minimum absolute atomic E-state index is 0.360. The molecule has 0 fully saturated rings. The summed E-state index contributed by atoms with van der Waals surface area (Å²) in [6.07, 6.45) is 0. The maximum absolute atomic E-state index is 11.7. The van der Waals surface area contributed by atoms with Crippen LogP contribution in [0.1, 0.15) is 36.7 Å². The number of benzene rings is 1. The summed E-state index contributed by atoms with van der Waals surface area (Å²) < 4.78 is 10.1. The van der Waals surface area contributed by atoms with Crippen LogP contribution < -0.4 is 4.74 Å². The summed E-state index contributed by atoms with van der Waals surface area (Å²) in [7, 11) is 2.84. The number of carbonyl (C=O) groups is 1. The first-order chi connectivity index (χ1) is 10.6. The van der Waals surface area contributed by atoms with Gasteiger partial charge in [0, 0.05) is 13.1 Å². The number of rotatable bonds is 6. The lowest BCUT2D eigenvalue weighted by Crippen LogP contribution is -2.14. The molecule has 0 atom stereocenters. The highest BCUT2D eigenvalue weighted by atomic mass is 16.5. The highest BCUT2D eigenvalue weighted by Gasteiger charge is 2.15. The first kappa shape index (κ1) is 17.5. The van der Waals surface area contributed by atoms with E-state index in [2.05, 4.69) is 22.2 Å². The molecular formula is C16H21N3O3. The van der Waals surface area contributed by atoms with E-state index in [1.807, 2.05) is 13.8 Å². The summed E-state index contributed by atoms with van der Waals surface area (Å²) >= 11 is 0. The second-order valence-corrected chi connectivity index (χ2v) is 4.27. The predicted molar refractivity (Wildman–Crippen MR) is 84.3 cm³/mol. The van der Waals surface area contributed by atoms with Gasteiger partial charge in [0.25, 0.3) is 0 Å². The Kier molecular flexibility index (Phi) is 6.90. The van der Waals surface area contributed by atoms with Crippen molar-refractivity contribution in [2.45, 2.75) is 20.8 Å². The molecule has 1 aromatic rings. The Morgan fingerprint density at radius 3 is 2.45 bits per heavy atom. The van der Waals surface area contributed by atoms with Crippen LogP contribution in [-0.2, 0) is 4.74 Å². The van der Waals surface area contributed by atoms with Crippen molar-refractivity contribution >= 4 is 11.7 Å². The molecule has 0 amide bonds. The van der Waals surface area contributed by atoms with Gasteiger partial charge < -0.3 is 9.47 Å². The molecule has 0 bridgehead atoms. The van der Waals surface area contributed by atoms with Crippen LogP contribution in [0.25, 0.3) is 0 Å². The van der Waals surface area contributed by atoms with Crippen molar-refractivity contribution in [2.24, 2.45) is 10.3 Å². The van der Waals surface area contributed by atoms with Crippen LogP contribution in [0.15, 0.2) is 22.5 Å². The molecule has 0 aromatic heterocycles. The molecule has 6 heteroatoms. The summed E-state index contributed by atoms with van der Waals surface area (Å²) in [6.45, 7) is 7.19. The molecule has 1 aromatic carbocycles. The highest BCUT2D eigenvalue weighted by molar-refractivity contribution is 5.91. The van der Waals surface area contributed by atoms with Crippen LogP contribution in [-0.4, -0.2) is 38.3 Å². The maximum Gasteiger partial charge on any atom is 0.338 e. The number of methoxy groups -OCH3 is 2. The fourth-order valence-electron chi connectivity index (χ4n) is 1.79. The van der Waals surface area contributed by atoms with Crippen molar-refractivity contribution in [3.63, 3.8) is 0 Å². The Morgan fingerprint density at radius 1 is 1.27 bits per heavy atom. The van der Waals surface area contributed by atoms with E-state index in [1.165, 1.54) is 14.2 Å². The van der Waals surface area contributed by atoms with Gasteiger partial charge in [0.15, 0.2) is 0 Å². The lowest BCUT2D eigenvalue weighted by atomic mass is 10.1. The van der Waals surface area contributed by atoms with E-state index in [-0.39, 0.29) is 0 Å². The topological polar surface area (TPSA) is 63.5 Å². The largest absolute Gasteiger partial charge is 0.494 e. The van der Waals surface area contributed by atoms with Crippen LogP contribution in [0.5, 0.6) is 5.75 Å². The number of esters is 1. The Hall–Kier alpha value is -2.55. The molecular weight excluding hydrogens is 282 g/mol. The van der Waals surface area contributed by atoms with E-state index in [0.717, 1.165) is 13.1 Å². The molecule has 0 aliphatic heterocycles. The Bertz CT molecular complexity index is 611. The fraction of sp³-hybridized carbons (Fsp3) is 0.438. The zero-order valence-corrected chi connectivity index (χ0v) is 13.6. The van der Waals surface area contributed by atoms with Crippen LogP contribution >= 0.6 is 0 Å². The summed E-state index contributed by atoms with van der Waals surface area (Å²) in [6, 6.07) is 3.20. The SMILES string of the molecule is CC#Cc1cc(C(=O)OC)cc(OC)c1/N=N/N(CC)CC. The van der Waals surface area contributed by atoms with Crippen LogP contribution in [0, 0.1) is 11.8 Å². The van der Waals surface area contributed by atoms with E-state index < -0.39 is 5.97 Å². The summed E-state index contributed by atoms with van der Waals surface area (Å²) in [5, 5.41) is 10.2. The normalized spacial score (nSPS) is 10.0. The molecule has 22 heavy (non-hydrogen) atoms. The minimum atomic E-state index is -0.454. The van der Waals surface area contributed by atoms with Gasteiger partial charge in [-0.2, -0.15) is 0 Å². The van der Waals surface area contributed by atoms with Crippen LogP contribution in [0.4, 0.5) is 5.69 Å². The van der Waals surface area contributed by atoms with Crippen molar-refractivity contribution in [3.8, 4) is 17.6 Å². The molecule has 0 aliphatic rings. The van der Waals surface area contributed by atoms with E-state index >= 15 is 0 Å². The molecule has 1 rings (SSSR count). The van der Waals surface area contributed by atoms with E-state index in [4.69, 9.17) is 9.47 Å². The van der Waals surface area contributed by atoms with E-state index in [0.29, 0.717) is 22.6 Å². The second kappa shape index (κ2) is 8.67. The molecule has 0 unspecified atom stereocenters. The standard InChI is InChI=1S/C16H21N3O3/c1-6-9-12-10-13(16(20)22-5)11-14(21-4)15(12)17-18-19(7-2)8-3/h10-11H,7-8H2,1-5H3/b18-17+. The predicted octanol–water partition coefficient (Wildman–Crippen LogP) is 3.19. The minimum Gasteiger partial charge on any atom is -0.494 e. The lowest BCUT2D eigenvalue weighted by Gasteiger charge is -2.13. The summed E-state index contributed by atoms with van der Waals surface area (Å²) in [5.41, 5.74) is 1.42. The quantitative estimate of drug-likeness (QED) is 0.350. The maximum atomic E-state index is 11.7. The first-order valence-corrected chi connectivity index (χ1v) is 7.00. The second-order valence-electron chi connectivity index (χ2n) is 4.27. The lowest BCUT2D eigenvalue weighted by molar-refractivity contribution is 0.0600. The van der Waals surface area contributed by atoms with Gasteiger partial charge in [-0.1, -0.05) is 11.1 Å². The van der Waals surface area contributed by atoms with Gasteiger partial charge >= 0.3 is 5.97 Å². The molecule has 0 heterocycles. The molecule has 0 saturated heterocycles. The van der Waals surface area contributed by atoms with Crippen molar-refractivity contribution in [1.29, 1.82) is 0 Å². The van der Waals surface area contributed by atoms with Crippen LogP contribution in [0.2, 0.25) is 0 Å². The Morgan fingerprint density at radius 2 is 1.95 bits per heavy atom. The van der Waals surface area contributed by atoms with Crippen molar-refractivity contribution < 1.29 is 14.3 Å². The molecule has 0 aliphatic carbocycles. The number of ether oxygens (including phenoxy) is 2. The van der Waals surface area contributed by atoms with Gasteiger partial charge in [0.05, 0.1) is 25.3 Å². The van der Waals surface area contributed by atoms with E-state index in [9.17, 15) is 4.79 Å². The smallest absolute Gasteiger partial charge is 0.338 e. The molecule has 0 spiro atoms. The number of hydrogen-bond acceptors (Lipinski definition) is 5. The zero-order valence-electron chi connectivity index (χ0n) is 13.6. The summed E-state index contributed by atoms with van der Waals surface area (Å²) in [5.74, 6) is 5.70. The van der Waals surface area contributed by atoms with Crippen LogP contribution in [0.3, 0.4) is 0 Å². The highest BCUT2D eigenvalue weighted by Crippen LogP contribution is 2.33. The molecule has 0 N–H and O–H groups in total. The van der Waals surface area contributed by atoms with Gasteiger partial charge in [-0.25, -0.2) is 4.79 Å². The molecule has 118 valence electrons. The summed E-state index contributed by atoms with van der Waals surface area (Å²) in [4.78, 5) is 11.7. The van der Waals surface area contributed by atoms with E-state index in [1.54, 1.807) is 24.1 Å². The third kappa shape index (κ3) is 4.22. The van der Waals surface area contributed by atoms with Gasteiger partial charge in [-0.05, 0) is 32.9 Å². The van der Waals surface area contributed by atoms with Gasteiger partial charge in [-0.3, -0.25) is 5.01 Å².